The molecule has 1 saturated heterocycles. The average Bonchev–Trinajstić information content (AvgIpc) is 2.73. The Morgan fingerprint density at radius 3 is 2.28 bits per heavy atom. The Morgan fingerprint density at radius 1 is 1.19 bits per heavy atom. The van der Waals surface area contributed by atoms with Gasteiger partial charge in [-0.05, 0) is 30.5 Å². The number of carbonyl (C=O) groups excluding carboxylic acids is 2. The van der Waals surface area contributed by atoms with E-state index in [2.05, 4.69) is 19.2 Å². The normalized spacial score (nSPS) is 13.9. The number of rotatable bonds is 7. The molecule has 1 aliphatic heterocycles. The minimum atomic E-state index is -5.08. The van der Waals surface area contributed by atoms with Crippen LogP contribution in [-0.4, -0.2) is 78.1 Å². The van der Waals surface area contributed by atoms with Crippen molar-refractivity contribution in [2.24, 2.45) is 5.92 Å². The molecule has 180 valence electrons. The Hall–Kier alpha value is -2.33. The Kier molecular flexibility index (Phi) is 11.5. The van der Waals surface area contributed by atoms with Gasteiger partial charge in [-0.15, -0.1) is 0 Å². The van der Waals surface area contributed by atoms with Gasteiger partial charge in [0.25, 0.3) is 5.91 Å². The molecule has 1 heterocycles. The topological polar surface area (TPSA) is 90.0 Å². The summed E-state index contributed by atoms with van der Waals surface area (Å²) in [4.78, 5) is 37.8. The lowest BCUT2D eigenvalue weighted by Crippen LogP contribution is -2.47. The van der Waals surface area contributed by atoms with E-state index in [4.69, 9.17) is 21.5 Å². The zero-order valence-corrected chi connectivity index (χ0v) is 18.9. The molecule has 0 radical (unpaired) electrons. The highest BCUT2D eigenvalue weighted by Gasteiger charge is 2.38. The Bertz CT molecular complexity index is 769. The van der Waals surface area contributed by atoms with Crippen molar-refractivity contribution in [3.05, 3.63) is 34.9 Å². The minimum absolute atomic E-state index is 0.0590. The van der Waals surface area contributed by atoms with Crippen molar-refractivity contribution in [1.82, 2.24) is 15.1 Å². The summed E-state index contributed by atoms with van der Waals surface area (Å²) in [6.07, 6.45) is -3.81. The van der Waals surface area contributed by atoms with Gasteiger partial charge in [-0.1, -0.05) is 31.5 Å². The van der Waals surface area contributed by atoms with E-state index in [0.717, 1.165) is 32.6 Å². The second-order valence-corrected chi connectivity index (χ2v) is 8.11. The van der Waals surface area contributed by atoms with Crippen LogP contribution in [0.5, 0.6) is 0 Å². The molecular weight excluding hydrogens is 451 g/mol. The summed E-state index contributed by atoms with van der Waals surface area (Å²) < 4.78 is 31.7. The van der Waals surface area contributed by atoms with Gasteiger partial charge in [-0.3, -0.25) is 9.59 Å². The molecule has 1 aliphatic rings. The summed E-state index contributed by atoms with van der Waals surface area (Å²) in [5.74, 6) is -2.20. The van der Waals surface area contributed by atoms with Gasteiger partial charge in [-0.25, -0.2) is 4.79 Å². The number of piperazine rings is 1. The molecule has 32 heavy (non-hydrogen) atoms. The number of amides is 2. The van der Waals surface area contributed by atoms with E-state index in [0.29, 0.717) is 36.0 Å². The summed E-state index contributed by atoms with van der Waals surface area (Å²) in [5, 5.41) is 10.9. The molecule has 0 atom stereocenters. The van der Waals surface area contributed by atoms with Crippen LogP contribution in [0, 0.1) is 5.92 Å². The number of aliphatic carboxylic acids is 1. The lowest BCUT2D eigenvalue weighted by Gasteiger charge is -2.29. The van der Waals surface area contributed by atoms with Crippen LogP contribution in [0.1, 0.15) is 37.0 Å². The summed E-state index contributed by atoms with van der Waals surface area (Å²) in [6, 6.07) is 6.99. The third-order valence-electron chi connectivity index (χ3n) is 4.64. The molecule has 1 aromatic rings. The molecule has 2 rings (SSSR count). The van der Waals surface area contributed by atoms with Gasteiger partial charge >= 0.3 is 12.1 Å². The maximum atomic E-state index is 12.8. The highest BCUT2D eigenvalue weighted by atomic mass is 35.5. The van der Waals surface area contributed by atoms with Crippen LogP contribution in [-0.2, 0) is 9.59 Å². The molecule has 1 fully saturated rings. The zero-order valence-electron chi connectivity index (χ0n) is 18.1. The van der Waals surface area contributed by atoms with Crippen LogP contribution in [0.2, 0.25) is 5.02 Å². The molecule has 1 aromatic carbocycles. The second-order valence-electron chi connectivity index (χ2n) is 7.67. The van der Waals surface area contributed by atoms with Crippen molar-refractivity contribution in [1.29, 1.82) is 0 Å². The van der Waals surface area contributed by atoms with Crippen molar-refractivity contribution in [3.63, 3.8) is 0 Å². The summed E-state index contributed by atoms with van der Waals surface area (Å²) in [5.41, 5.74) is 0.575. The number of carboxylic acids is 1. The summed E-state index contributed by atoms with van der Waals surface area (Å²) in [6.45, 7) is 8.52. The Morgan fingerprint density at radius 2 is 1.78 bits per heavy atom. The van der Waals surface area contributed by atoms with Crippen molar-refractivity contribution in [2.75, 3.05) is 39.3 Å². The first-order chi connectivity index (χ1) is 14.9. The van der Waals surface area contributed by atoms with Gasteiger partial charge in [0.1, 0.15) is 0 Å². The predicted octanol–water partition coefficient (Wildman–Crippen LogP) is 3.28. The number of hydrogen-bond donors (Lipinski definition) is 2. The molecule has 0 aromatic heterocycles. The van der Waals surface area contributed by atoms with E-state index >= 15 is 0 Å². The SMILES string of the molecule is CC(C)CCN(CCC(=O)N1CCNCC1)C(=O)c1cccc(Cl)c1.O=C(O)C(F)(F)F. The van der Waals surface area contributed by atoms with Crippen molar-refractivity contribution in [2.45, 2.75) is 32.9 Å². The smallest absolute Gasteiger partial charge is 0.475 e. The number of nitrogens with zero attached hydrogens (tertiary/aromatic N) is 2. The standard InChI is InChI=1S/C19H28ClN3O2.C2HF3O2/c1-15(2)6-10-23(19(25)16-4-3-5-17(20)14-16)11-7-18(24)22-12-8-21-9-13-22;3-2(4,5)1(6)7/h3-5,14-15,21H,6-13H2,1-2H3;(H,6,7). The van der Waals surface area contributed by atoms with Gasteiger partial charge in [0, 0.05) is 56.3 Å². The van der Waals surface area contributed by atoms with E-state index in [9.17, 15) is 22.8 Å². The minimum Gasteiger partial charge on any atom is -0.475 e. The quantitative estimate of drug-likeness (QED) is 0.626. The lowest BCUT2D eigenvalue weighted by molar-refractivity contribution is -0.192. The van der Waals surface area contributed by atoms with E-state index in [1.54, 1.807) is 29.2 Å². The van der Waals surface area contributed by atoms with Crippen molar-refractivity contribution < 1.29 is 32.7 Å². The fourth-order valence-electron chi connectivity index (χ4n) is 2.84. The van der Waals surface area contributed by atoms with Gasteiger partial charge in [0.2, 0.25) is 5.91 Å². The van der Waals surface area contributed by atoms with Crippen molar-refractivity contribution >= 4 is 29.4 Å². The van der Waals surface area contributed by atoms with Crippen LogP contribution < -0.4 is 5.32 Å². The summed E-state index contributed by atoms with van der Waals surface area (Å²) >= 11 is 6.01. The van der Waals surface area contributed by atoms with Crippen LogP contribution in [0.15, 0.2) is 24.3 Å². The van der Waals surface area contributed by atoms with Gasteiger partial charge in [0.15, 0.2) is 0 Å². The van der Waals surface area contributed by atoms with E-state index in [1.165, 1.54) is 0 Å². The number of halogens is 4. The summed E-state index contributed by atoms with van der Waals surface area (Å²) in [7, 11) is 0. The number of nitrogens with one attached hydrogen (secondary N) is 1. The number of alkyl halides is 3. The number of hydrogen-bond acceptors (Lipinski definition) is 4. The fraction of sp³-hybridized carbons (Fsp3) is 0.571. The average molecular weight is 480 g/mol. The van der Waals surface area contributed by atoms with Crippen LogP contribution >= 0.6 is 11.6 Å². The number of carboxylic acid groups (broad SMARTS) is 1. The highest BCUT2D eigenvalue weighted by molar-refractivity contribution is 6.30. The molecule has 0 saturated carbocycles. The Balaban J connectivity index is 0.000000633. The molecular formula is C21H29ClF3N3O4. The fourth-order valence-corrected chi connectivity index (χ4v) is 3.03. The maximum absolute atomic E-state index is 12.8. The molecule has 0 bridgehead atoms. The van der Waals surface area contributed by atoms with E-state index in [1.807, 2.05) is 4.90 Å². The van der Waals surface area contributed by atoms with E-state index in [-0.39, 0.29) is 11.8 Å². The predicted molar refractivity (Wildman–Crippen MR) is 115 cm³/mol. The van der Waals surface area contributed by atoms with E-state index < -0.39 is 12.1 Å². The lowest BCUT2D eigenvalue weighted by atomic mass is 10.1. The molecule has 2 N–H and O–H groups in total. The highest BCUT2D eigenvalue weighted by Crippen LogP contribution is 2.15. The third-order valence-corrected chi connectivity index (χ3v) is 4.88. The van der Waals surface area contributed by atoms with Gasteiger partial charge in [-0.2, -0.15) is 13.2 Å². The molecule has 0 aliphatic carbocycles. The Labute approximate surface area is 190 Å². The largest absolute Gasteiger partial charge is 0.490 e. The van der Waals surface area contributed by atoms with Crippen molar-refractivity contribution in [3.8, 4) is 0 Å². The molecule has 11 heteroatoms. The third kappa shape index (κ3) is 10.3. The van der Waals surface area contributed by atoms with Gasteiger partial charge in [0.05, 0.1) is 0 Å². The monoisotopic (exact) mass is 479 g/mol. The molecule has 7 nitrogen and oxygen atoms in total. The second kappa shape index (κ2) is 13.3. The molecule has 0 spiro atoms. The maximum Gasteiger partial charge on any atom is 0.490 e. The van der Waals surface area contributed by atoms with Crippen LogP contribution in [0.3, 0.4) is 0 Å². The number of carbonyl (C=O) groups is 3. The zero-order chi connectivity index (χ0) is 24.3. The molecule has 0 unspecified atom stereocenters. The first-order valence-corrected chi connectivity index (χ1v) is 10.6. The van der Waals surface area contributed by atoms with Crippen LogP contribution in [0.4, 0.5) is 13.2 Å². The first-order valence-electron chi connectivity index (χ1n) is 10.2. The van der Waals surface area contributed by atoms with Gasteiger partial charge < -0.3 is 20.2 Å². The molecule has 2 amide bonds. The van der Waals surface area contributed by atoms with Crippen LogP contribution in [0.25, 0.3) is 0 Å². The number of benzene rings is 1. The first kappa shape index (κ1) is 27.7.